The van der Waals surface area contributed by atoms with Gasteiger partial charge in [-0.15, -0.1) is 10.2 Å². The molecule has 6 nitrogen and oxygen atoms in total. The summed E-state index contributed by atoms with van der Waals surface area (Å²) in [5.74, 6) is 0.580. The van der Waals surface area contributed by atoms with Crippen molar-refractivity contribution in [1.29, 1.82) is 5.26 Å². The number of tetrazole rings is 1. The predicted octanol–water partition coefficient (Wildman–Crippen LogP) is 1.45. The molecule has 0 aliphatic heterocycles. The summed E-state index contributed by atoms with van der Waals surface area (Å²) in [5, 5.41) is 25.3. The number of rotatable bonds is 3. The van der Waals surface area contributed by atoms with Gasteiger partial charge >= 0.3 is 0 Å². The van der Waals surface area contributed by atoms with Gasteiger partial charge in [-0.25, -0.2) is 0 Å². The topological polar surface area (TPSA) is 90.3 Å². The lowest BCUT2D eigenvalue weighted by molar-refractivity contribution is 0.881. The number of aromatic nitrogens is 4. The zero-order valence-electron chi connectivity index (χ0n) is 8.11. The van der Waals surface area contributed by atoms with Gasteiger partial charge in [0.1, 0.15) is 0 Å². The van der Waals surface area contributed by atoms with Gasteiger partial charge in [-0.3, -0.25) is 0 Å². The zero-order valence-corrected chi connectivity index (χ0v) is 9.69. The lowest BCUT2D eigenvalue weighted by Gasteiger charge is -2.05. The van der Waals surface area contributed by atoms with Gasteiger partial charge in [0.15, 0.2) is 5.82 Å². The van der Waals surface area contributed by atoms with E-state index in [4.69, 9.17) is 5.26 Å². The minimum atomic E-state index is 0.473. The van der Waals surface area contributed by atoms with Crippen molar-refractivity contribution in [2.24, 2.45) is 0 Å². The number of nitrogens with one attached hydrogen (secondary N) is 2. The van der Waals surface area contributed by atoms with E-state index in [2.05, 4.69) is 47.9 Å². The number of benzene rings is 1. The third kappa shape index (κ3) is 2.35. The van der Waals surface area contributed by atoms with Crippen molar-refractivity contribution in [3.63, 3.8) is 0 Å². The Balaban J connectivity index is 2.08. The van der Waals surface area contributed by atoms with Gasteiger partial charge in [-0.1, -0.05) is 5.21 Å². The average molecular weight is 279 g/mol. The van der Waals surface area contributed by atoms with Crippen LogP contribution in [0.4, 0.5) is 5.69 Å². The highest BCUT2D eigenvalue weighted by Crippen LogP contribution is 2.23. The maximum atomic E-state index is 8.71. The first kappa shape index (κ1) is 10.6. The Hall–Kier alpha value is -1.94. The molecule has 0 radical (unpaired) electrons. The van der Waals surface area contributed by atoms with Crippen LogP contribution in [0.3, 0.4) is 0 Å². The Morgan fingerprint density at radius 2 is 2.38 bits per heavy atom. The maximum absolute atomic E-state index is 8.71. The number of hydrogen-bond acceptors (Lipinski definition) is 5. The van der Waals surface area contributed by atoms with Crippen LogP contribution in [0.5, 0.6) is 0 Å². The fourth-order valence-electron chi connectivity index (χ4n) is 1.16. The predicted molar refractivity (Wildman–Crippen MR) is 60.4 cm³/mol. The van der Waals surface area contributed by atoms with Crippen LogP contribution in [-0.4, -0.2) is 20.6 Å². The average Bonchev–Trinajstić information content (AvgIpc) is 2.80. The van der Waals surface area contributed by atoms with Crippen LogP contribution >= 0.6 is 15.9 Å². The summed E-state index contributed by atoms with van der Waals surface area (Å²) >= 11 is 3.37. The molecule has 0 spiro atoms. The van der Waals surface area contributed by atoms with Crippen LogP contribution in [0, 0.1) is 11.3 Å². The highest BCUT2D eigenvalue weighted by atomic mass is 79.9. The van der Waals surface area contributed by atoms with Crippen LogP contribution in [0.15, 0.2) is 22.7 Å². The molecule has 0 fully saturated rings. The van der Waals surface area contributed by atoms with E-state index < -0.39 is 0 Å². The van der Waals surface area contributed by atoms with Gasteiger partial charge in [0.05, 0.1) is 18.2 Å². The third-order valence-electron chi connectivity index (χ3n) is 1.92. The second-order valence-electron chi connectivity index (χ2n) is 2.99. The summed E-state index contributed by atoms with van der Waals surface area (Å²) in [6.07, 6.45) is 0. The molecule has 0 bridgehead atoms. The number of nitriles is 1. The number of aromatic amines is 1. The van der Waals surface area contributed by atoms with E-state index in [1.165, 1.54) is 0 Å². The van der Waals surface area contributed by atoms with Crippen molar-refractivity contribution in [1.82, 2.24) is 20.6 Å². The van der Waals surface area contributed by atoms with Gasteiger partial charge in [-0.2, -0.15) is 10.5 Å². The lowest BCUT2D eigenvalue weighted by atomic mass is 10.2. The monoisotopic (exact) mass is 278 g/mol. The van der Waals surface area contributed by atoms with E-state index in [0.29, 0.717) is 17.9 Å². The highest BCUT2D eigenvalue weighted by Gasteiger charge is 2.02. The molecule has 2 rings (SSSR count). The minimum Gasteiger partial charge on any atom is -0.377 e. The second-order valence-corrected chi connectivity index (χ2v) is 3.84. The fourth-order valence-corrected chi connectivity index (χ4v) is 1.68. The Morgan fingerprint density at radius 1 is 1.50 bits per heavy atom. The molecular weight excluding hydrogens is 272 g/mol. The first-order chi connectivity index (χ1) is 7.79. The molecule has 1 aromatic heterocycles. The minimum absolute atomic E-state index is 0.473. The van der Waals surface area contributed by atoms with Crippen LogP contribution in [0.2, 0.25) is 0 Å². The summed E-state index contributed by atoms with van der Waals surface area (Å²) in [4.78, 5) is 0. The summed E-state index contributed by atoms with van der Waals surface area (Å²) < 4.78 is 0.829. The number of H-pyrrole nitrogens is 1. The molecule has 2 N–H and O–H groups in total. The normalized spacial score (nSPS) is 9.75. The summed E-state index contributed by atoms with van der Waals surface area (Å²) in [6, 6.07) is 7.38. The van der Waals surface area contributed by atoms with Gasteiger partial charge in [0.2, 0.25) is 0 Å². The third-order valence-corrected chi connectivity index (χ3v) is 2.58. The standard InChI is InChI=1S/C9H7BrN6/c10-7-3-6(4-11)1-2-8(7)12-5-9-13-15-16-14-9/h1-3,12H,5H2,(H,13,14,15,16). The van der Waals surface area contributed by atoms with E-state index in [-0.39, 0.29) is 0 Å². The van der Waals surface area contributed by atoms with Crippen LogP contribution < -0.4 is 5.32 Å². The van der Waals surface area contributed by atoms with Gasteiger partial charge in [0, 0.05) is 10.2 Å². The van der Waals surface area contributed by atoms with Crippen molar-refractivity contribution in [2.45, 2.75) is 6.54 Å². The van der Waals surface area contributed by atoms with E-state index >= 15 is 0 Å². The molecule has 1 aromatic carbocycles. The smallest absolute Gasteiger partial charge is 0.193 e. The summed E-state index contributed by atoms with van der Waals surface area (Å²) in [6.45, 7) is 0.473. The van der Waals surface area contributed by atoms with E-state index in [1.807, 2.05) is 6.07 Å². The van der Waals surface area contributed by atoms with E-state index in [9.17, 15) is 0 Å². The number of anilines is 1. The number of nitrogens with zero attached hydrogens (tertiary/aromatic N) is 4. The van der Waals surface area contributed by atoms with E-state index in [0.717, 1.165) is 10.2 Å². The Labute approximate surface area is 99.8 Å². The molecule has 0 saturated carbocycles. The van der Waals surface area contributed by atoms with Crippen LogP contribution in [0.1, 0.15) is 11.4 Å². The molecule has 7 heteroatoms. The molecule has 0 aliphatic rings. The number of halogens is 1. The molecule has 80 valence electrons. The molecule has 0 saturated heterocycles. The molecule has 1 heterocycles. The lowest BCUT2D eigenvalue weighted by Crippen LogP contribution is -2.02. The molecule has 0 atom stereocenters. The zero-order chi connectivity index (χ0) is 11.4. The summed E-state index contributed by atoms with van der Waals surface area (Å²) in [5.41, 5.74) is 1.49. The molecular formula is C9H7BrN6. The van der Waals surface area contributed by atoms with Crippen LogP contribution in [0.25, 0.3) is 0 Å². The van der Waals surface area contributed by atoms with Crippen molar-refractivity contribution in [2.75, 3.05) is 5.32 Å². The fraction of sp³-hybridized carbons (Fsp3) is 0.111. The van der Waals surface area contributed by atoms with Crippen molar-refractivity contribution < 1.29 is 0 Å². The quantitative estimate of drug-likeness (QED) is 0.887. The largest absolute Gasteiger partial charge is 0.377 e. The van der Waals surface area contributed by atoms with E-state index in [1.54, 1.807) is 12.1 Å². The van der Waals surface area contributed by atoms with Gasteiger partial charge < -0.3 is 5.32 Å². The second kappa shape index (κ2) is 4.72. The highest BCUT2D eigenvalue weighted by molar-refractivity contribution is 9.10. The Morgan fingerprint density at radius 3 is 3.00 bits per heavy atom. The van der Waals surface area contributed by atoms with Crippen molar-refractivity contribution >= 4 is 21.6 Å². The van der Waals surface area contributed by atoms with Gasteiger partial charge in [0.25, 0.3) is 0 Å². The first-order valence-electron chi connectivity index (χ1n) is 4.45. The van der Waals surface area contributed by atoms with Crippen molar-refractivity contribution in [3.05, 3.63) is 34.1 Å². The molecule has 16 heavy (non-hydrogen) atoms. The Kier molecular flexibility index (Phi) is 3.12. The number of hydrogen-bond donors (Lipinski definition) is 2. The maximum Gasteiger partial charge on any atom is 0.193 e. The molecule has 0 amide bonds. The van der Waals surface area contributed by atoms with Crippen molar-refractivity contribution in [3.8, 4) is 6.07 Å². The molecule has 2 aromatic rings. The molecule has 0 aliphatic carbocycles. The first-order valence-corrected chi connectivity index (χ1v) is 5.25. The van der Waals surface area contributed by atoms with Gasteiger partial charge in [-0.05, 0) is 34.1 Å². The molecule has 0 unspecified atom stereocenters. The summed E-state index contributed by atoms with van der Waals surface area (Å²) in [7, 11) is 0. The SMILES string of the molecule is N#Cc1ccc(NCc2nn[nH]n2)c(Br)c1. The Bertz CT molecular complexity index is 515. The van der Waals surface area contributed by atoms with Crippen LogP contribution in [-0.2, 0) is 6.54 Å².